The number of amides is 1. The van der Waals surface area contributed by atoms with Gasteiger partial charge < -0.3 is 9.32 Å². The van der Waals surface area contributed by atoms with Crippen molar-refractivity contribution in [1.29, 1.82) is 0 Å². The summed E-state index contributed by atoms with van der Waals surface area (Å²) in [4.78, 5) is 19.0. The molecule has 0 fully saturated rings. The van der Waals surface area contributed by atoms with E-state index in [4.69, 9.17) is 4.42 Å². The molecule has 1 aliphatic rings. The lowest BCUT2D eigenvalue weighted by atomic mass is 9.96. The van der Waals surface area contributed by atoms with Crippen LogP contribution in [0.15, 0.2) is 35.1 Å². The molecule has 1 amide bonds. The molecule has 1 atom stereocenters. The zero-order valence-corrected chi connectivity index (χ0v) is 12.7. The number of aryl methyl sites for hydroxylation is 1. The van der Waals surface area contributed by atoms with Crippen LogP contribution in [0, 0.1) is 0 Å². The van der Waals surface area contributed by atoms with E-state index < -0.39 is 0 Å². The van der Waals surface area contributed by atoms with Gasteiger partial charge in [0.1, 0.15) is 5.76 Å². The van der Waals surface area contributed by atoms with Gasteiger partial charge in [-0.25, -0.2) is 4.98 Å². The minimum Gasteiger partial charge on any atom is -0.447 e. The van der Waals surface area contributed by atoms with Crippen molar-refractivity contribution < 1.29 is 9.21 Å². The van der Waals surface area contributed by atoms with E-state index in [1.807, 2.05) is 36.9 Å². The number of nitrogens with zero attached hydrogens (tertiary/aromatic N) is 2. The molecule has 0 N–H and O–H groups in total. The average molecular weight is 284 g/mol. The third-order valence-corrected chi connectivity index (χ3v) is 4.06. The third-order valence-electron chi connectivity index (χ3n) is 4.06. The average Bonchev–Trinajstić information content (AvgIpc) is 2.96. The molecule has 0 radical (unpaired) electrons. The van der Waals surface area contributed by atoms with E-state index in [1.54, 1.807) is 0 Å². The second-order valence-electron chi connectivity index (χ2n) is 5.91. The molecule has 4 nitrogen and oxygen atoms in total. The molecule has 0 saturated carbocycles. The minimum absolute atomic E-state index is 0.0629. The molecule has 0 bridgehead atoms. The Bertz CT molecular complexity index is 660. The second kappa shape index (κ2) is 5.35. The number of anilines is 1. The van der Waals surface area contributed by atoms with Gasteiger partial charge >= 0.3 is 0 Å². The quantitative estimate of drug-likeness (QED) is 0.843. The van der Waals surface area contributed by atoms with Crippen LogP contribution < -0.4 is 4.90 Å². The molecule has 0 spiro atoms. The number of carbonyl (C=O) groups is 1. The van der Waals surface area contributed by atoms with Gasteiger partial charge in [-0.1, -0.05) is 32.0 Å². The summed E-state index contributed by atoms with van der Waals surface area (Å²) in [6.07, 6.45) is 3.34. The molecular weight excluding hydrogens is 264 g/mol. The minimum atomic E-state index is -0.0629. The van der Waals surface area contributed by atoms with Crippen LogP contribution in [-0.4, -0.2) is 16.9 Å². The fraction of sp³-hybridized carbons (Fsp3) is 0.412. The SMILES string of the molecule is CC(C)c1ocnc1C(=O)N1c2ccccc2CCC1C. The van der Waals surface area contributed by atoms with Gasteiger partial charge in [0.2, 0.25) is 0 Å². The number of oxazole rings is 1. The summed E-state index contributed by atoms with van der Waals surface area (Å²) in [5, 5.41) is 0. The number of benzene rings is 1. The topological polar surface area (TPSA) is 46.3 Å². The fourth-order valence-corrected chi connectivity index (χ4v) is 2.94. The Morgan fingerprint density at radius 3 is 2.90 bits per heavy atom. The molecule has 0 saturated heterocycles. The number of aromatic nitrogens is 1. The lowest BCUT2D eigenvalue weighted by Crippen LogP contribution is -2.42. The van der Waals surface area contributed by atoms with Crippen LogP contribution in [-0.2, 0) is 6.42 Å². The smallest absolute Gasteiger partial charge is 0.280 e. The molecule has 3 rings (SSSR count). The first-order chi connectivity index (χ1) is 10.1. The highest BCUT2D eigenvalue weighted by atomic mass is 16.3. The molecule has 21 heavy (non-hydrogen) atoms. The van der Waals surface area contributed by atoms with Gasteiger partial charge in [0, 0.05) is 17.6 Å². The van der Waals surface area contributed by atoms with Gasteiger partial charge in [-0.3, -0.25) is 4.79 Å². The standard InChI is InChI=1S/C17H20N2O2/c1-11(2)16-15(18-10-21-16)17(20)19-12(3)8-9-13-6-4-5-7-14(13)19/h4-7,10-12H,8-9H2,1-3H3. The van der Waals surface area contributed by atoms with E-state index in [0.717, 1.165) is 18.5 Å². The summed E-state index contributed by atoms with van der Waals surface area (Å²) in [7, 11) is 0. The second-order valence-corrected chi connectivity index (χ2v) is 5.91. The van der Waals surface area contributed by atoms with E-state index in [2.05, 4.69) is 18.0 Å². The zero-order chi connectivity index (χ0) is 15.0. The van der Waals surface area contributed by atoms with Crippen LogP contribution in [0.1, 0.15) is 54.9 Å². The largest absolute Gasteiger partial charge is 0.447 e. The molecule has 1 aromatic carbocycles. The predicted octanol–water partition coefficient (Wildman–Crippen LogP) is 3.78. The number of rotatable bonds is 2. The molecule has 2 aromatic rings. The van der Waals surface area contributed by atoms with Crippen molar-refractivity contribution in [3.63, 3.8) is 0 Å². The molecule has 1 aromatic heterocycles. The highest BCUT2D eigenvalue weighted by Gasteiger charge is 2.32. The fourth-order valence-electron chi connectivity index (χ4n) is 2.94. The Kier molecular flexibility index (Phi) is 3.53. The van der Waals surface area contributed by atoms with Crippen molar-refractivity contribution in [2.45, 2.75) is 45.6 Å². The number of hydrogen-bond acceptors (Lipinski definition) is 3. The molecule has 4 heteroatoms. The lowest BCUT2D eigenvalue weighted by Gasteiger charge is -2.35. The monoisotopic (exact) mass is 284 g/mol. The maximum absolute atomic E-state index is 13.0. The van der Waals surface area contributed by atoms with Gasteiger partial charge in [0.15, 0.2) is 12.1 Å². The van der Waals surface area contributed by atoms with Crippen LogP contribution >= 0.6 is 0 Å². The Labute approximate surface area is 124 Å². The number of hydrogen-bond donors (Lipinski definition) is 0. The van der Waals surface area contributed by atoms with Crippen LogP contribution in [0.4, 0.5) is 5.69 Å². The summed E-state index contributed by atoms with van der Waals surface area (Å²) < 4.78 is 5.40. The number of carbonyl (C=O) groups excluding carboxylic acids is 1. The maximum atomic E-state index is 13.0. The highest BCUT2D eigenvalue weighted by Crippen LogP contribution is 2.32. The van der Waals surface area contributed by atoms with Crippen molar-refractivity contribution in [1.82, 2.24) is 4.98 Å². The predicted molar refractivity (Wildman–Crippen MR) is 81.6 cm³/mol. The van der Waals surface area contributed by atoms with E-state index in [1.165, 1.54) is 12.0 Å². The van der Waals surface area contributed by atoms with Crippen molar-refractivity contribution in [3.8, 4) is 0 Å². The Morgan fingerprint density at radius 2 is 2.14 bits per heavy atom. The first kappa shape index (κ1) is 13.9. The van der Waals surface area contributed by atoms with Crippen molar-refractivity contribution in [2.75, 3.05) is 4.90 Å². The molecule has 0 aliphatic carbocycles. The molecule has 110 valence electrons. The first-order valence-corrected chi connectivity index (χ1v) is 7.44. The summed E-state index contributed by atoms with van der Waals surface area (Å²) in [6, 6.07) is 8.27. The first-order valence-electron chi connectivity index (χ1n) is 7.44. The van der Waals surface area contributed by atoms with Gasteiger partial charge in [-0.15, -0.1) is 0 Å². The molecule has 2 heterocycles. The summed E-state index contributed by atoms with van der Waals surface area (Å²) >= 11 is 0. The Morgan fingerprint density at radius 1 is 1.38 bits per heavy atom. The van der Waals surface area contributed by atoms with Gasteiger partial charge in [0.25, 0.3) is 5.91 Å². The zero-order valence-electron chi connectivity index (χ0n) is 12.7. The van der Waals surface area contributed by atoms with E-state index in [0.29, 0.717) is 11.5 Å². The number of para-hydroxylation sites is 1. The van der Waals surface area contributed by atoms with Crippen LogP contribution in [0.2, 0.25) is 0 Å². The third kappa shape index (κ3) is 2.35. The molecule has 1 unspecified atom stereocenters. The van der Waals surface area contributed by atoms with Crippen LogP contribution in [0.3, 0.4) is 0 Å². The summed E-state index contributed by atoms with van der Waals surface area (Å²) in [5.74, 6) is 0.740. The van der Waals surface area contributed by atoms with Gasteiger partial charge in [0.05, 0.1) is 0 Å². The van der Waals surface area contributed by atoms with Gasteiger partial charge in [-0.2, -0.15) is 0 Å². The Hall–Kier alpha value is -2.10. The van der Waals surface area contributed by atoms with Crippen molar-refractivity contribution >= 4 is 11.6 Å². The van der Waals surface area contributed by atoms with Crippen molar-refractivity contribution in [2.24, 2.45) is 0 Å². The molecule has 1 aliphatic heterocycles. The van der Waals surface area contributed by atoms with E-state index >= 15 is 0 Å². The van der Waals surface area contributed by atoms with Crippen LogP contribution in [0.25, 0.3) is 0 Å². The summed E-state index contributed by atoms with van der Waals surface area (Å²) in [6.45, 7) is 6.10. The molecular formula is C17H20N2O2. The Balaban J connectivity index is 2.03. The van der Waals surface area contributed by atoms with E-state index in [9.17, 15) is 4.79 Å². The maximum Gasteiger partial charge on any atom is 0.280 e. The van der Waals surface area contributed by atoms with Crippen molar-refractivity contribution in [3.05, 3.63) is 47.7 Å². The normalized spacial score (nSPS) is 17.9. The van der Waals surface area contributed by atoms with Gasteiger partial charge in [-0.05, 0) is 31.4 Å². The highest BCUT2D eigenvalue weighted by molar-refractivity contribution is 6.06. The number of fused-ring (bicyclic) bond motifs is 1. The summed E-state index contributed by atoms with van der Waals surface area (Å²) in [5.41, 5.74) is 2.66. The lowest BCUT2D eigenvalue weighted by molar-refractivity contribution is 0.0968. The van der Waals surface area contributed by atoms with E-state index in [-0.39, 0.29) is 17.9 Å². The van der Waals surface area contributed by atoms with Crippen LogP contribution in [0.5, 0.6) is 0 Å².